The molecular weight excluding hydrogens is 256 g/mol. The van der Waals surface area contributed by atoms with Crippen molar-refractivity contribution in [2.75, 3.05) is 0 Å². The van der Waals surface area contributed by atoms with Crippen LogP contribution in [0.3, 0.4) is 0 Å². The molecule has 0 aromatic carbocycles. The first-order chi connectivity index (χ1) is 10.3. The second-order valence-electron chi connectivity index (χ2n) is 7.12. The molecule has 1 heterocycles. The van der Waals surface area contributed by atoms with Crippen molar-refractivity contribution >= 4 is 0 Å². The van der Waals surface area contributed by atoms with E-state index in [0.717, 1.165) is 17.9 Å². The molecule has 1 N–H and O–H groups in total. The van der Waals surface area contributed by atoms with Crippen LogP contribution >= 0.6 is 0 Å². The van der Waals surface area contributed by atoms with E-state index in [9.17, 15) is 0 Å². The van der Waals surface area contributed by atoms with Gasteiger partial charge in [-0.1, -0.05) is 44.9 Å². The maximum Gasteiger partial charge on any atom is 0.0295 e. The Balaban J connectivity index is 1.63. The van der Waals surface area contributed by atoms with Crippen molar-refractivity contribution in [3.63, 3.8) is 0 Å². The molecule has 2 unspecified atom stereocenters. The van der Waals surface area contributed by atoms with E-state index in [1.807, 2.05) is 12.4 Å². The van der Waals surface area contributed by atoms with Crippen LogP contribution in [0.25, 0.3) is 0 Å². The Morgan fingerprint density at radius 3 is 2.38 bits per heavy atom. The molecule has 21 heavy (non-hydrogen) atoms. The first-order valence-corrected chi connectivity index (χ1v) is 9.00. The Hall–Kier alpha value is -0.890. The zero-order valence-corrected chi connectivity index (χ0v) is 13.4. The highest BCUT2D eigenvalue weighted by molar-refractivity contribution is 5.14. The number of hydrogen-bond acceptors (Lipinski definition) is 2. The maximum absolute atomic E-state index is 4.14. The molecule has 0 aliphatic heterocycles. The van der Waals surface area contributed by atoms with Gasteiger partial charge >= 0.3 is 0 Å². The largest absolute Gasteiger partial charge is 0.307 e. The molecule has 0 spiro atoms. The van der Waals surface area contributed by atoms with E-state index in [4.69, 9.17) is 0 Å². The minimum atomic E-state index is 0.446. The van der Waals surface area contributed by atoms with Crippen LogP contribution in [0, 0.1) is 11.8 Å². The second-order valence-corrected chi connectivity index (χ2v) is 7.12. The third kappa shape index (κ3) is 3.85. The molecule has 2 aliphatic rings. The standard InChI is InChI=1S/C19H30N2/c1-15(16-11-13-20-14-12-16)21-19-10-6-5-9-18(19)17-7-3-2-4-8-17/h11-15,17-19,21H,2-10H2,1H3/t15-,18?,19?/m1/s1. The summed E-state index contributed by atoms with van der Waals surface area (Å²) in [5.41, 5.74) is 1.37. The summed E-state index contributed by atoms with van der Waals surface area (Å²) in [4.78, 5) is 4.14. The molecule has 3 rings (SSSR count). The highest BCUT2D eigenvalue weighted by Gasteiger charge is 2.33. The first kappa shape index (κ1) is 15.0. The number of nitrogens with zero attached hydrogens (tertiary/aromatic N) is 1. The monoisotopic (exact) mass is 286 g/mol. The Labute approximate surface area is 129 Å². The highest BCUT2D eigenvalue weighted by atomic mass is 15.0. The fourth-order valence-electron chi connectivity index (χ4n) is 4.56. The molecule has 0 saturated heterocycles. The average Bonchev–Trinajstić information content (AvgIpc) is 2.57. The van der Waals surface area contributed by atoms with E-state index in [2.05, 4.69) is 29.4 Å². The Morgan fingerprint density at radius 2 is 1.62 bits per heavy atom. The zero-order chi connectivity index (χ0) is 14.5. The van der Waals surface area contributed by atoms with E-state index in [1.54, 1.807) is 0 Å². The van der Waals surface area contributed by atoms with Crippen LogP contribution in [0.5, 0.6) is 0 Å². The van der Waals surface area contributed by atoms with Gasteiger partial charge in [-0.05, 0) is 49.3 Å². The van der Waals surface area contributed by atoms with Gasteiger partial charge in [0, 0.05) is 24.5 Å². The van der Waals surface area contributed by atoms with Crippen molar-refractivity contribution in [1.82, 2.24) is 10.3 Å². The summed E-state index contributed by atoms with van der Waals surface area (Å²) in [7, 11) is 0. The van der Waals surface area contributed by atoms with Gasteiger partial charge in [-0.25, -0.2) is 0 Å². The molecule has 0 radical (unpaired) electrons. The summed E-state index contributed by atoms with van der Waals surface area (Å²) in [6.45, 7) is 2.31. The normalized spacial score (nSPS) is 29.2. The van der Waals surface area contributed by atoms with Crippen LogP contribution in [0.4, 0.5) is 0 Å². The molecule has 1 aromatic heterocycles. The Bertz CT molecular complexity index is 411. The summed E-state index contributed by atoms with van der Waals surface area (Å²) >= 11 is 0. The third-order valence-electron chi connectivity index (χ3n) is 5.74. The summed E-state index contributed by atoms with van der Waals surface area (Å²) in [5, 5.41) is 3.95. The number of aromatic nitrogens is 1. The lowest BCUT2D eigenvalue weighted by Crippen LogP contribution is -2.43. The van der Waals surface area contributed by atoms with E-state index in [-0.39, 0.29) is 0 Å². The van der Waals surface area contributed by atoms with Gasteiger partial charge in [0.2, 0.25) is 0 Å². The SMILES string of the molecule is C[C@@H](NC1CCCCC1C1CCCCC1)c1ccncc1. The lowest BCUT2D eigenvalue weighted by Gasteiger charge is -2.40. The summed E-state index contributed by atoms with van der Waals surface area (Å²) in [5.74, 6) is 1.91. The van der Waals surface area contributed by atoms with E-state index in [1.165, 1.54) is 63.4 Å². The van der Waals surface area contributed by atoms with Gasteiger partial charge in [-0.3, -0.25) is 4.98 Å². The van der Waals surface area contributed by atoms with Crippen molar-refractivity contribution in [3.05, 3.63) is 30.1 Å². The summed E-state index contributed by atoms with van der Waals surface area (Å²) in [6, 6.07) is 5.47. The smallest absolute Gasteiger partial charge is 0.0295 e. The molecule has 0 bridgehead atoms. The molecule has 2 fully saturated rings. The van der Waals surface area contributed by atoms with Crippen molar-refractivity contribution in [1.29, 1.82) is 0 Å². The number of pyridine rings is 1. The van der Waals surface area contributed by atoms with Crippen LogP contribution in [0.2, 0.25) is 0 Å². The fraction of sp³-hybridized carbons (Fsp3) is 0.737. The van der Waals surface area contributed by atoms with Gasteiger partial charge in [-0.2, -0.15) is 0 Å². The second kappa shape index (κ2) is 7.40. The zero-order valence-electron chi connectivity index (χ0n) is 13.4. The molecule has 3 atom stereocenters. The van der Waals surface area contributed by atoms with Gasteiger partial charge in [0.25, 0.3) is 0 Å². The average molecular weight is 286 g/mol. The van der Waals surface area contributed by atoms with E-state index >= 15 is 0 Å². The van der Waals surface area contributed by atoms with Crippen molar-refractivity contribution in [2.24, 2.45) is 11.8 Å². The maximum atomic E-state index is 4.14. The quantitative estimate of drug-likeness (QED) is 0.854. The van der Waals surface area contributed by atoms with Gasteiger partial charge in [0.1, 0.15) is 0 Å². The first-order valence-electron chi connectivity index (χ1n) is 9.00. The molecule has 0 amide bonds. The minimum Gasteiger partial charge on any atom is -0.307 e. The van der Waals surface area contributed by atoms with Crippen molar-refractivity contribution < 1.29 is 0 Å². The lowest BCUT2D eigenvalue weighted by atomic mass is 9.70. The molecule has 2 aliphatic carbocycles. The van der Waals surface area contributed by atoms with Crippen LogP contribution in [-0.4, -0.2) is 11.0 Å². The minimum absolute atomic E-state index is 0.446. The van der Waals surface area contributed by atoms with Crippen molar-refractivity contribution in [3.8, 4) is 0 Å². The molecule has 116 valence electrons. The fourth-order valence-corrected chi connectivity index (χ4v) is 4.56. The highest BCUT2D eigenvalue weighted by Crippen LogP contribution is 2.39. The molecule has 2 nitrogen and oxygen atoms in total. The van der Waals surface area contributed by atoms with Crippen LogP contribution in [0.1, 0.15) is 76.3 Å². The molecular formula is C19H30N2. The number of rotatable bonds is 4. The van der Waals surface area contributed by atoms with Gasteiger partial charge in [-0.15, -0.1) is 0 Å². The van der Waals surface area contributed by atoms with Gasteiger partial charge in [0.15, 0.2) is 0 Å². The van der Waals surface area contributed by atoms with Gasteiger partial charge in [0.05, 0.1) is 0 Å². The molecule has 2 heteroatoms. The van der Waals surface area contributed by atoms with Gasteiger partial charge < -0.3 is 5.32 Å². The number of hydrogen-bond donors (Lipinski definition) is 1. The predicted octanol–water partition coefficient (Wildman–Crippen LogP) is 4.87. The van der Waals surface area contributed by atoms with E-state index in [0.29, 0.717) is 6.04 Å². The van der Waals surface area contributed by atoms with Crippen LogP contribution in [0.15, 0.2) is 24.5 Å². The van der Waals surface area contributed by atoms with Crippen LogP contribution in [-0.2, 0) is 0 Å². The Morgan fingerprint density at radius 1 is 0.952 bits per heavy atom. The Kier molecular flexibility index (Phi) is 5.29. The lowest BCUT2D eigenvalue weighted by molar-refractivity contribution is 0.143. The topological polar surface area (TPSA) is 24.9 Å². The third-order valence-corrected chi connectivity index (χ3v) is 5.74. The van der Waals surface area contributed by atoms with Crippen molar-refractivity contribution in [2.45, 2.75) is 76.8 Å². The number of nitrogens with one attached hydrogen (secondary N) is 1. The summed E-state index contributed by atoms with van der Waals surface area (Å²) in [6.07, 6.45) is 16.9. The predicted molar refractivity (Wildman–Crippen MR) is 88.1 cm³/mol. The summed E-state index contributed by atoms with van der Waals surface area (Å²) < 4.78 is 0. The van der Waals surface area contributed by atoms with Crippen LogP contribution < -0.4 is 5.32 Å². The molecule has 2 saturated carbocycles. The molecule has 1 aromatic rings. The van der Waals surface area contributed by atoms with E-state index < -0.39 is 0 Å².